The molecule has 0 amide bonds. The molecule has 6 aromatic rings. The predicted molar refractivity (Wildman–Crippen MR) is 191 cm³/mol. The molecule has 1 N–H and O–H groups in total. The van der Waals surface area contributed by atoms with Gasteiger partial charge in [-0.2, -0.15) is 10.2 Å². The van der Waals surface area contributed by atoms with Gasteiger partial charge in [0.25, 0.3) is 0 Å². The van der Waals surface area contributed by atoms with Crippen LogP contribution in [0.1, 0.15) is 45.2 Å². The van der Waals surface area contributed by atoms with Gasteiger partial charge in [0.15, 0.2) is 0 Å². The Morgan fingerprint density at radius 3 is 2.71 bits per heavy atom. The number of hydrogen-bond acceptors (Lipinski definition) is 7. The zero-order chi connectivity index (χ0) is 33.8. The van der Waals surface area contributed by atoms with Crippen molar-refractivity contribution in [2.45, 2.75) is 48.1 Å². The lowest BCUT2D eigenvalue weighted by molar-refractivity contribution is 0.0685. The number of rotatable bonds is 1. The summed E-state index contributed by atoms with van der Waals surface area (Å²) in [6.45, 7) is 1.94. The molecule has 2 aliphatic heterocycles. The molecule has 3 aromatic heterocycles. The molecule has 8 rings (SSSR count). The number of aryl methyl sites for hydroxylation is 3. The summed E-state index contributed by atoms with van der Waals surface area (Å²) >= 11 is 10.4. The number of carboxylic acid groups (broad SMARTS) is 1. The number of carboxylic acids is 1. The van der Waals surface area contributed by atoms with Crippen LogP contribution < -0.4 is 4.74 Å². The molecule has 0 unspecified atom stereocenters. The van der Waals surface area contributed by atoms with Crippen molar-refractivity contribution in [2.75, 3.05) is 13.2 Å². The van der Waals surface area contributed by atoms with Crippen LogP contribution >= 0.6 is 35.1 Å². The van der Waals surface area contributed by atoms with Crippen LogP contribution in [0, 0.1) is 5.82 Å². The molecule has 49 heavy (non-hydrogen) atoms. The Bertz CT molecular complexity index is 2280. The van der Waals surface area contributed by atoms with E-state index in [1.807, 2.05) is 40.7 Å². The average molecular weight is 718 g/mol. The molecule has 0 radical (unpaired) electrons. The van der Waals surface area contributed by atoms with Crippen molar-refractivity contribution in [1.29, 1.82) is 0 Å². The quantitative estimate of drug-likeness (QED) is 0.183. The molecule has 8 bridgehead atoms. The second-order valence-corrected chi connectivity index (χ2v) is 14.8. The van der Waals surface area contributed by atoms with Gasteiger partial charge in [-0.05, 0) is 66.3 Å². The van der Waals surface area contributed by atoms with Crippen LogP contribution in [0.4, 0.5) is 4.39 Å². The van der Waals surface area contributed by atoms with Crippen molar-refractivity contribution >= 4 is 62.8 Å². The van der Waals surface area contributed by atoms with E-state index in [4.69, 9.17) is 31.3 Å². The van der Waals surface area contributed by atoms with E-state index >= 15 is 0 Å². The molecular weight excluding hydrogens is 685 g/mol. The molecule has 252 valence electrons. The first kappa shape index (κ1) is 32.2. The first-order chi connectivity index (χ1) is 23.8. The minimum absolute atomic E-state index is 0.221. The van der Waals surface area contributed by atoms with E-state index in [0.29, 0.717) is 67.2 Å². The summed E-state index contributed by atoms with van der Waals surface area (Å²) in [4.78, 5) is 13.8. The maximum atomic E-state index is 14.3. The number of aromatic carboxylic acids is 1. The highest BCUT2D eigenvalue weighted by Gasteiger charge is 2.29. The lowest BCUT2D eigenvalue weighted by atomic mass is 9.98. The van der Waals surface area contributed by atoms with E-state index in [-0.39, 0.29) is 11.5 Å². The van der Waals surface area contributed by atoms with Gasteiger partial charge in [0.05, 0.1) is 54.0 Å². The highest BCUT2D eigenvalue weighted by molar-refractivity contribution is 7.98. The van der Waals surface area contributed by atoms with Crippen molar-refractivity contribution in [3.05, 3.63) is 93.4 Å². The second-order valence-electron chi connectivity index (χ2n) is 12.3. The van der Waals surface area contributed by atoms with E-state index in [1.165, 1.54) is 12.1 Å². The van der Waals surface area contributed by atoms with E-state index < -0.39 is 5.97 Å². The first-order valence-electron chi connectivity index (χ1n) is 16.0. The van der Waals surface area contributed by atoms with Gasteiger partial charge in [-0.15, -0.1) is 23.5 Å². The van der Waals surface area contributed by atoms with Gasteiger partial charge >= 0.3 is 5.97 Å². The largest absolute Gasteiger partial charge is 0.493 e. The number of hydrogen-bond donors (Lipinski definition) is 1. The van der Waals surface area contributed by atoms with Crippen LogP contribution in [0.15, 0.2) is 53.4 Å². The van der Waals surface area contributed by atoms with Gasteiger partial charge in [-0.1, -0.05) is 17.7 Å². The van der Waals surface area contributed by atoms with Gasteiger partial charge in [-0.3, -0.25) is 9.36 Å². The van der Waals surface area contributed by atoms with Crippen LogP contribution in [-0.4, -0.2) is 48.4 Å². The highest BCUT2D eigenvalue weighted by Crippen LogP contribution is 2.44. The van der Waals surface area contributed by atoms with Crippen LogP contribution in [0.2, 0.25) is 5.02 Å². The summed E-state index contributed by atoms with van der Waals surface area (Å²) in [5.74, 6) is 1.33. The van der Waals surface area contributed by atoms with Gasteiger partial charge < -0.3 is 19.1 Å². The van der Waals surface area contributed by atoms with Gasteiger partial charge in [0, 0.05) is 63.8 Å². The standard InChI is InChI=1S/C36H33ClFN5O4S2/c1-41-34-27-7-8-28(37)32(34)33-29(40-43-9-11-46-16-30(33)43)19-48-17-22-14-23(42(2)39-22)18-49-24-13-20-12-21(38)5-6-25(20)31(15-24)47-10-3-4-26(27)35(41)36(44)45/h5-8,12-15H,3-4,9-11,16-19H2,1-2H3,(H,44,45). The number of aromatic nitrogens is 5. The minimum atomic E-state index is -1.00. The molecule has 13 heteroatoms. The Kier molecular flexibility index (Phi) is 8.59. The molecule has 0 fully saturated rings. The van der Waals surface area contributed by atoms with Crippen molar-refractivity contribution in [2.24, 2.45) is 14.1 Å². The lowest BCUT2D eigenvalue weighted by Gasteiger charge is -2.17. The molecule has 0 saturated carbocycles. The van der Waals surface area contributed by atoms with Gasteiger partial charge in [0.1, 0.15) is 17.3 Å². The van der Waals surface area contributed by atoms with Crippen molar-refractivity contribution < 1.29 is 23.8 Å². The van der Waals surface area contributed by atoms with Crippen molar-refractivity contribution in [3.63, 3.8) is 0 Å². The van der Waals surface area contributed by atoms with Crippen molar-refractivity contribution in [1.82, 2.24) is 24.1 Å². The molecule has 0 aliphatic carbocycles. The maximum absolute atomic E-state index is 14.3. The number of fused-ring (bicyclic) bond motifs is 10. The summed E-state index contributed by atoms with van der Waals surface area (Å²) in [5, 5.41) is 23.3. The van der Waals surface area contributed by atoms with E-state index in [2.05, 4.69) is 6.07 Å². The fourth-order valence-electron chi connectivity index (χ4n) is 7.06. The van der Waals surface area contributed by atoms with E-state index in [9.17, 15) is 14.3 Å². The SMILES string of the molecule is Cn1nc2cc1CSc1cc(c3ccc(F)cc3c1)OCCCc1c(C(=O)O)n(C)c3c(c(Cl)ccc13)-c1c(nn3c1COCC3)CSC2. The molecule has 0 spiro atoms. The van der Waals surface area contributed by atoms with Gasteiger partial charge in [-0.25, -0.2) is 9.18 Å². The Hall–Kier alpha value is -3.97. The summed E-state index contributed by atoms with van der Waals surface area (Å²) in [7, 11) is 3.74. The monoisotopic (exact) mass is 717 g/mol. The zero-order valence-corrected chi connectivity index (χ0v) is 29.4. The fraction of sp³-hybridized carbons (Fsp3) is 0.306. The third-order valence-corrected chi connectivity index (χ3v) is 11.6. The molecule has 0 atom stereocenters. The topological polar surface area (TPSA) is 96.3 Å². The number of halogens is 2. The predicted octanol–water partition coefficient (Wildman–Crippen LogP) is 8.00. The van der Waals surface area contributed by atoms with Crippen LogP contribution in [-0.2, 0) is 55.7 Å². The average Bonchev–Trinajstić information content (AvgIpc) is 3.71. The van der Waals surface area contributed by atoms with E-state index in [0.717, 1.165) is 66.0 Å². The second kappa shape index (κ2) is 13.1. The molecule has 9 nitrogen and oxygen atoms in total. The Labute approximate surface area is 295 Å². The van der Waals surface area contributed by atoms with Gasteiger partial charge in [0.2, 0.25) is 0 Å². The Balaban J connectivity index is 1.26. The highest BCUT2D eigenvalue weighted by atomic mass is 35.5. The van der Waals surface area contributed by atoms with E-state index in [1.54, 1.807) is 41.2 Å². The minimum Gasteiger partial charge on any atom is -0.493 e. The summed E-state index contributed by atoms with van der Waals surface area (Å²) in [6.07, 6.45) is 1.04. The first-order valence-corrected chi connectivity index (χ1v) is 18.6. The summed E-state index contributed by atoms with van der Waals surface area (Å²) in [5.41, 5.74) is 7.25. The smallest absolute Gasteiger partial charge is 0.352 e. The summed E-state index contributed by atoms with van der Waals surface area (Å²) in [6, 6.07) is 14.6. The molecule has 3 aromatic carbocycles. The molecular formula is C36H33ClFN5O4S2. The summed E-state index contributed by atoms with van der Waals surface area (Å²) < 4.78 is 32.3. The number of carbonyl (C=O) groups is 1. The third kappa shape index (κ3) is 5.88. The Morgan fingerprint density at radius 1 is 1.00 bits per heavy atom. The number of ether oxygens (including phenoxy) is 2. The molecule has 0 saturated heterocycles. The normalized spacial score (nSPS) is 15.5. The molecule has 2 aliphatic rings. The zero-order valence-electron chi connectivity index (χ0n) is 27.0. The number of nitrogens with zero attached hydrogens (tertiary/aromatic N) is 5. The van der Waals surface area contributed by atoms with Crippen LogP contribution in [0.3, 0.4) is 0 Å². The lowest BCUT2D eigenvalue weighted by Crippen LogP contribution is -2.17. The maximum Gasteiger partial charge on any atom is 0.352 e. The van der Waals surface area contributed by atoms with Crippen molar-refractivity contribution in [3.8, 4) is 16.9 Å². The fourth-order valence-corrected chi connectivity index (χ4v) is 9.14. The molecule has 5 heterocycles. The third-order valence-electron chi connectivity index (χ3n) is 9.26. The van der Waals surface area contributed by atoms with Crippen LogP contribution in [0.25, 0.3) is 32.8 Å². The number of benzene rings is 3. The van der Waals surface area contributed by atoms with Crippen LogP contribution in [0.5, 0.6) is 5.75 Å². The number of thioether (sulfide) groups is 2. The Morgan fingerprint density at radius 2 is 1.86 bits per heavy atom.